The van der Waals surface area contributed by atoms with E-state index in [1.54, 1.807) is 23.1 Å². The van der Waals surface area contributed by atoms with E-state index in [4.69, 9.17) is 5.11 Å². The number of rotatable bonds is 6. The van der Waals surface area contributed by atoms with Crippen LogP contribution in [0.1, 0.15) is 29.6 Å². The van der Waals surface area contributed by atoms with Crippen LogP contribution in [0.3, 0.4) is 0 Å². The summed E-state index contributed by atoms with van der Waals surface area (Å²) in [7, 11) is 0. The average Bonchev–Trinajstić information content (AvgIpc) is 2.52. The van der Waals surface area contributed by atoms with Crippen molar-refractivity contribution in [3.63, 3.8) is 0 Å². The van der Waals surface area contributed by atoms with Gasteiger partial charge in [0.25, 0.3) is 5.91 Å². The Labute approximate surface area is 142 Å². The van der Waals surface area contributed by atoms with E-state index in [2.05, 4.69) is 4.90 Å². The second-order valence-corrected chi connectivity index (χ2v) is 5.50. The molecule has 1 amide bonds. The van der Waals surface area contributed by atoms with E-state index in [0.717, 1.165) is 26.1 Å². The smallest absolute Gasteiger partial charge is 0.303 e. The summed E-state index contributed by atoms with van der Waals surface area (Å²) in [6, 6.07) is 6.59. The molecule has 6 nitrogen and oxygen atoms in total. The van der Waals surface area contributed by atoms with Gasteiger partial charge in [-0.2, -0.15) is 0 Å². The molecule has 23 heavy (non-hydrogen) atoms. The highest BCUT2D eigenvalue weighted by Crippen LogP contribution is 2.18. The Morgan fingerprint density at radius 1 is 1.04 bits per heavy atom. The predicted molar refractivity (Wildman–Crippen MR) is 89.2 cm³/mol. The Bertz CT molecular complexity index is 531. The van der Waals surface area contributed by atoms with Gasteiger partial charge >= 0.3 is 5.97 Å². The van der Waals surface area contributed by atoms with Gasteiger partial charge in [-0.1, -0.05) is 12.1 Å². The molecule has 2 N–H and O–H groups in total. The number of piperazine rings is 1. The molecule has 1 aliphatic heterocycles. The number of nitrogens with zero attached hydrogens (tertiary/aromatic N) is 2. The highest BCUT2D eigenvalue weighted by atomic mass is 35.5. The average molecular weight is 343 g/mol. The van der Waals surface area contributed by atoms with E-state index in [0.29, 0.717) is 25.1 Å². The normalized spacial score (nSPS) is 15.0. The Hall–Kier alpha value is -1.79. The van der Waals surface area contributed by atoms with Gasteiger partial charge < -0.3 is 15.1 Å². The number of halogens is 1. The molecule has 1 aromatic rings. The highest BCUT2D eigenvalue weighted by molar-refractivity contribution is 5.96. The monoisotopic (exact) mass is 342 g/mol. The van der Waals surface area contributed by atoms with Gasteiger partial charge in [0.05, 0.1) is 5.56 Å². The van der Waals surface area contributed by atoms with E-state index >= 15 is 0 Å². The van der Waals surface area contributed by atoms with Crippen LogP contribution in [0, 0.1) is 0 Å². The third-order valence-corrected chi connectivity index (χ3v) is 3.91. The number of carboxylic acid groups (broad SMARTS) is 1. The van der Waals surface area contributed by atoms with E-state index in [1.165, 1.54) is 6.07 Å². The molecule has 0 atom stereocenters. The van der Waals surface area contributed by atoms with Crippen molar-refractivity contribution in [3.8, 4) is 5.75 Å². The van der Waals surface area contributed by atoms with Gasteiger partial charge in [0.2, 0.25) is 0 Å². The van der Waals surface area contributed by atoms with Crippen molar-refractivity contribution >= 4 is 24.3 Å². The van der Waals surface area contributed by atoms with Crippen LogP contribution in [0.25, 0.3) is 0 Å². The van der Waals surface area contributed by atoms with Gasteiger partial charge in [-0.25, -0.2) is 0 Å². The minimum Gasteiger partial charge on any atom is -0.507 e. The molecular weight excluding hydrogens is 320 g/mol. The molecule has 1 saturated heterocycles. The topological polar surface area (TPSA) is 81.1 Å². The number of hydrogen-bond donors (Lipinski definition) is 2. The van der Waals surface area contributed by atoms with Crippen LogP contribution in [0.15, 0.2) is 24.3 Å². The second kappa shape index (κ2) is 9.37. The van der Waals surface area contributed by atoms with Gasteiger partial charge in [-0.15, -0.1) is 12.4 Å². The van der Waals surface area contributed by atoms with Crippen LogP contribution >= 0.6 is 12.4 Å². The molecule has 0 unspecified atom stereocenters. The lowest BCUT2D eigenvalue weighted by Crippen LogP contribution is -2.48. The number of amides is 1. The van der Waals surface area contributed by atoms with Gasteiger partial charge in [-0.05, 0) is 31.5 Å². The fraction of sp³-hybridized carbons (Fsp3) is 0.500. The first-order valence-corrected chi connectivity index (χ1v) is 7.59. The molecule has 1 aliphatic rings. The maximum atomic E-state index is 12.3. The zero-order valence-electron chi connectivity index (χ0n) is 13.0. The largest absolute Gasteiger partial charge is 0.507 e. The quantitative estimate of drug-likeness (QED) is 0.771. The molecule has 0 aromatic heterocycles. The lowest BCUT2D eigenvalue weighted by Gasteiger charge is -2.34. The van der Waals surface area contributed by atoms with E-state index in [9.17, 15) is 14.7 Å². The molecule has 1 heterocycles. The summed E-state index contributed by atoms with van der Waals surface area (Å²) in [5.74, 6) is -0.870. The van der Waals surface area contributed by atoms with Gasteiger partial charge in [0, 0.05) is 32.6 Å². The van der Waals surface area contributed by atoms with Crippen molar-refractivity contribution in [2.75, 3.05) is 32.7 Å². The second-order valence-electron chi connectivity index (χ2n) is 5.50. The summed E-state index contributed by atoms with van der Waals surface area (Å²) in [5, 5.41) is 18.3. The lowest BCUT2D eigenvalue weighted by molar-refractivity contribution is -0.137. The zero-order valence-corrected chi connectivity index (χ0v) is 13.8. The molecule has 1 aromatic carbocycles. The summed E-state index contributed by atoms with van der Waals surface area (Å²) < 4.78 is 0. The van der Waals surface area contributed by atoms with E-state index in [-0.39, 0.29) is 30.5 Å². The number of benzene rings is 1. The predicted octanol–water partition coefficient (Wildman–Crippen LogP) is 1.83. The molecule has 0 spiro atoms. The van der Waals surface area contributed by atoms with Crippen molar-refractivity contribution in [2.45, 2.75) is 19.3 Å². The van der Waals surface area contributed by atoms with Gasteiger partial charge in [-0.3, -0.25) is 14.5 Å². The lowest BCUT2D eigenvalue weighted by atomic mass is 10.1. The summed E-state index contributed by atoms with van der Waals surface area (Å²) in [6.45, 7) is 3.70. The molecule has 0 aliphatic carbocycles. The number of para-hydroxylation sites is 1. The van der Waals surface area contributed by atoms with Crippen LogP contribution in [-0.2, 0) is 4.79 Å². The molecule has 0 radical (unpaired) electrons. The maximum Gasteiger partial charge on any atom is 0.303 e. The minimum absolute atomic E-state index is 0. The summed E-state index contributed by atoms with van der Waals surface area (Å²) in [5.41, 5.74) is 0.345. The molecule has 2 rings (SSSR count). The number of carbonyl (C=O) groups excluding carboxylic acids is 1. The number of aromatic hydroxyl groups is 1. The maximum absolute atomic E-state index is 12.3. The van der Waals surface area contributed by atoms with Crippen LogP contribution in [-0.4, -0.2) is 64.6 Å². The number of phenols is 1. The zero-order chi connectivity index (χ0) is 15.9. The fourth-order valence-electron chi connectivity index (χ4n) is 2.61. The SMILES string of the molecule is Cl.O=C(O)CCCCN1CCN(C(=O)c2ccccc2O)CC1. The Balaban J connectivity index is 0.00000264. The molecule has 7 heteroatoms. The highest BCUT2D eigenvalue weighted by Gasteiger charge is 2.23. The van der Waals surface area contributed by atoms with Crippen LogP contribution in [0.5, 0.6) is 5.75 Å². The fourth-order valence-corrected chi connectivity index (χ4v) is 2.61. The Morgan fingerprint density at radius 2 is 1.70 bits per heavy atom. The van der Waals surface area contributed by atoms with E-state index in [1.807, 2.05) is 0 Å². The first-order valence-electron chi connectivity index (χ1n) is 7.59. The summed E-state index contributed by atoms with van der Waals surface area (Å²) >= 11 is 0. The number of carboxylic acids is 1. The Kier molecular flexibility index (Phi) is 7.85. The third kappa shape index (κ3) is 5.73. The van der Waals surface area contributed by atoms with Crippen molar-refractivity contribution in [2.24, 2.45) is 0 Å². The molecule has 0 bridgehead atoms. The van der Waals surface area contributed by atoms with Crippen molar-refractivity contribution in [1.82, 2.24) is 9.80 Å². The summed E-state index contributed by atoms with van der Waals surface area (Å²) in [6.07, 6.45) is 1.76. The van der Waals surface area contributed by atoms with Crippen molar-refractivity contribution in [1.29, 1.82) is 0 Å². The number of aliphatic carboxylic acids is 1. The van der Waals surface area contributed by atoms with Gasteiger partial charge in [0.15, 0.2) is 0 Å². The van der Waals surface area contributed by atoms with Crippen molar-refractivity contribution in [3.05, 3.63) is 29.8 Å². The van der Waals surface area contributed by atoms with E-state index < -0.39 is 5.97 Å². The summed E-state index contributed by atoms with van der Waals surface area (Å²) in [4.78, 5) is 26.8. The number of hydrogen-bond acceptors (Lipinski definition) is 4. The number of carbonyl (C=O) groups is 2. The van der Waals surface area contributed by atoms with Crippen molar-refractivity contribution < 1.29 is 19.8 Å². The number of phenolic OH excluding ortho intramolecular Hbond substituents is 1. The van der Waals surface area contributed by atoms with Crippen LogP contribution in [0.4, 0.5) is 0 Å². The first-order chi connectivity index (χ1) is 10.6. The standard InChI is InChI=1S/C16H22N2O4.ClH/c19-14-6-2-1-5-13(14)16(22)18-11-9-17(10-12-18)8-4-3-7-15(20)21;/h1-2,5-6,19H,3-4,7-12H2,(H,20,21);1H. The number of unbranched alkanes of at least 4 members (excludes halogenated alkanes) is 1. The third-order valence-electron chi connectivity index (χ3n) is 3.91. The van der Waals surface area contributed by atoms with Crippen LogP contribution in [0.2, 0.25) is 0 Å². The first kappa shape index (κ1) is 19.3. The van der Waals surface area contributed by atoms with Gasteiger partial charge in [0.1, 0.15) is 5.75 Å². The molecule has 128 valence electrons. The molecule has 0 saturated carbocycles. The van der Waals surface area contributed by atoms with Crippen LogP contribution < -0.4 is 0 Å². The molecular formula is C16H23ClN2O4. The molecule has 1 fully saturated rings. The Morgan fingerprint density at radius 3 is 2.30 bits per heavy atom. The minimum atomic E-state index is -0.752.